The van der Waals surface area contributed by atoms with Crippen LogP contribution in [0.15, 0.2) is 36.4 Å². The summed E-state index contributed by atoms with van der Waals surface area (Å²) in [4.78, 5) is 0. The second-order valence-electron chi connectivity index (χ2n) is 3.65. The zero-order chi connectivity index (χ0) is 11.7. The lowest BCUT2D eigenvalue weighted by molar-refractivity contribution is 0.824. The van der Waals surface area contributed by atoms with Crippen LogP contribution >= 0.6 is 49.6 Å². The van der Waals surface area contributed by atoms with Crippen LogP contribution in [-0.4, -0.2) is 5.48 Å². The number of nitrogen functional groups attached to an aromatic ring is 4. The first-order valence-corrected chi connectivity index (χ1v) is 4.89. The Hall–Kier alpha value is -1.24. The summed E-state index contributed by atoms with van der Waals surface area (Å²) in [7, 11) is 0. The Morgan fingerprint density at radius 3 is 1.52 bits per heavy atom. The van der Waals surface area contributed by atoms with E-state index in [9.17, 15) is 0 Å². The van der Waals surface area contributed by atoms with Crippen LogP contribution in [0.25, 0.3) is 11.1 Å². The van der Waals surface area contributed by atoms with Gasteiger partial charge in [0.15, 0.2) is 0 Å². The summed E-state index contributed by atoms with van der Waals surface area (Å²) < 4.78 is 0. The maximum Gasteiger partial charge on any atom is 0.0787 e. The molecular weight excluding hydrogens is 358 g/mol. The predicted octanol–water partition coefficient (Wildman–Crippen LogP) is 2.54. The summed E-state index contributed by atoms with van der Waals surface area (Å²) in [6.45, 7) is 0. The van der Waals surface area contributed by atoms with E-state index < -0.39 is 0 Å². The summed E-state index contributed by atoms with van der Waals surface area (Å²) in [5.41, 5.74) is 27.0. The molecule has 2 rings (SSSR count). The van der Waals surface area contributed by atoms with E-state index in [1.165, 1.54) is 0 Å². The Balaban J connectivity index is -0.000000289. The Kier molecular flexibility index (Phi) is 15.2. The standard InChI is InChI=1S/C12H14N4.4ClH.H2O/c13-8-3-1-7(2-4-8)9-5-6-10(14)12(16)11(9)15;;;;;/h1-6H,13-16H2;4*1H;1H2. The molecule has 0 unspecified atom stereocenters. The zero-order valence-corrected chi connectivity index (χ0v) is 14.2. The molecule has 0 radical (unpaired) electrons. The molecule has 0 aliphatic carbocycles. The average Bonchev–Trinajstić information content (AvgIpc) is 2.28. The predicted molar refractivity (Wildman–Crippen MR) is 102 cm³/mol. The molecule has 0 amide bonds. The first-order chi connectivity index (χ1) is 7.59. The molecule has 0 spiro atoms. The third-order valence-electron chi connectivity index (χ3n) is 2.54. The average molecular weight is 378 g/mol. The molecule has 122 valence electrons. The van der Waals surface area contributed by atoms with Gasteiger partial charge in [-0.1, -0.05) is 18.2 Å². The van der Waals surface area contributed by atoms with Gasteiger partial charge >= 0.3 is 0 Å². The van der Waals surface area contributed by atoms with E-state index in [4.69, 9.17) is 22.9 Å². The van der Waals surface area contributed by atoms with Crippen LogP contribution < -0.4 is 22.9 Å². The second kappa shape index (κ2) is 11.4. The normalized spacial score (nSPS) is 7.81. The van der Waals surface area contributed by atoms with Crippen molar-refractivity contribution in [2.75, 3.05) is 22.9 Å². The van der Waals surface area contributed by atoms with E-state index in [0.29, 0.717) is 22.7 Å². The van der Waals surface area contributed by atoms with Gasteiger partial charge in [-0.15, -0.1) is 49.6 Å². The van der Waals surface area contributed by atoms with Gasteiger partial charge in [0.25, 0.3) is 0 Å². The van der Waals surface area contributed by atoms with Crippen molar-refractivity contribution in [1.29, 1.82) is 0 Å². The van der Waals surface area contributed by atoms with Crippen molar-refractivity contribution in [2.24, 2.45) is 0 Å². The summed E-state index contributed by atoms with van der Waals surface area (Å²) >= 11 is 0. The van der Waals surface area contributed by atoms with Gasteiger partial charge in [-0.2, -0.15) is 0 Å². The number of anilines is 4. The quantitative estimate of drug-likeness (QED) is 0.567. The minimum atomic E-state index is 0. The molecule has 0 aliphatic heterocycles. The lowest BCUT2D eigenvalue weighted by Crippen LogP contribution is -2.01. The monoisotopic (exact) mass is 376 g/mol. The van der Waals surface area contributed by atoms with Gasteiger partial charge in [-0.05, 0) is 23.8 Å². The highest BCUT2D eigenvalue weighted by Crippen LogP contribution is 2.33. The minimum Gasteiger partial charge on any atom is -0.412 e. The molecule has 5 nitrogen and oxygen atoms in total. The Bertz CT molecular complexity index is 538. The highest BCUT2D eigenvalue weighted by molar-refractivity contribution is 5.90. The van der Waals surface area contributed by atoms with Crippen molar-refractivity contribution in [1.82, 2.24) is 0 Å². The van der Waals surface area contributed by atoms with E-state index in [1.54, 1.807) is 6.07 Å². The maximum atomic E-state index is 5.92. The number of rotatable bonds is 1. The summed E-state index contributed by atoms with van der Waals surface area (Å²) in [6.07, 6.45) is 0. The highest BCUT2D eigenvalue weighted by Gasteiger charge is 2.07. The second-order valence-corrected chi connectivity index (χ2v) is 3.65. The van der Waals surface area contributed by atoms with Crippen molar-refractivity contribution in [3.8, 4) is 11.1 Å². The summed E-state index contributed by atoms with van der Waals surface area (Å²) in [5.74, 6) is 0. The molecule has 0 aliphatic rings. The fraction of sp³-hybridized carbons (Fsp3) is 0. The third-order valence-corrected chi connectivity index (χ3v) is 2.54. The van der Waals surface area contributed by atoms with E-state index >= 15 is 0 Å². The van der Waals surface area contributed by atoms with Crippen LogP contribution in [-0.2, 0) is 0 Å². The minimum absolute atomic E-state index is 0. The number of hydrogen-bond acceptors (Lipinski definition) is 4. The van der Waals surface area contributed by atoms with Crippen LogP contribution in [0.2, 0.25) is 0 Å². The van der Waals surface area contributed by atoms with Gasteiger partial charge < -0.3 is 28.4 Å². The molecule has 0 saturated heterocycles. The molecule has 0 bridgehead atoms. The maximum absolute atomic E-state index is 5.92. The van der Waals surface area contributed by atoms with Crippen LogP contribution in [0, 0.1) is 0 Å². The van der Waals surface area contributed by atoms with Crippen molar-refractivity contribution in [2.45, 2.75) is 0 Å². The molecule has 0 saturated carbocycles. The molecule has 2 aromatic rings. The Labute approximate surface area is 148 Å². The summed E-state index contributed by atoms with van der Waals surface area (Å²) in [5, 5.41) is 0. The lowest BCUT2D eigenvalue weighted by Gasteiger charge is -2.10. The fourth-order valence-corrected chi connectivity index (χ4v) is 1.57. The van der Waals surface area contributed by atoms with E-state index in [1.807, 2.05) is 30.3 Å². The molecule has 9 heteroatoms. The van der Waals surface area contributed by atoms with E-state index in [-0.39, 0.29) is 55.1 Å². The van der Waals surface area contributed by atoms with Crippen molar-refractivity contribution in [3.05, 3.63) is 36.4 Å². The molecule has 0 fully saturated rings. The van der Waals surface area contributed by atoms with Gasteiger partial charge in [-0.25, -0.2) is 0 Å². The first kappa shape index (κ1) is 28.0. The van der Waals surface area contributed by atoms with Crippen LogP contribution in [0.4, 0.5) is 22.7 Å². The largest absolute Gasteiger partial charge is 0.412 e. The van der Waals surface area contributed by atoms with Gasteiger partial charge in [0.05, 0.1) is 17.1 Å². The van der Waals surface area contributed by atoms with Gasteiger partial charge in [0.1, 0.15) is 0 Å². The molecule has 21 heavy (non-hydrogen) atoms. The van der Waals surface area contributed by atoms with E-state index in [2.05, 4.69) is 0 Å². The molecule has 0 atom stereocenters. The number of benzene rings is 2. The van der Waals surface area contributed by atoms with E-state index in [0.717, 1.165) is 11.1 Å². The zero-order valence-electron chi connectivity index (χ0n) is 10.9. The van der Waals surface area contributed by atoms with Crippen LogP contribution in [0.1, 0.15) is 0 Å². The fourth-order valence-electron chi connectivity index (χ4n) is 1.57. The number of halogens is 4. The van der Waals surface area contributed by atoms with Crippen molar-refractivity contribution >= 4 is 72.4 Å². The molecular formula is C12H20Cl4N4O. The number of hydrogen-bond donors (Lipinski definition) is 4. The molecule has 0 aromatic heterocycles. The van der Waals surface area contributed by atoms with Crippen molar-refractivity contribution < 1.29 is 5.48 Å². The smallest absolute Gasteiger partial charge is 0.0787 e. The Morgan fingerprint density at radius 1 is 0.571 bits per heavy atom. The van der Waals surface area contributed by atoms with Gasteiger partial charge in [0, 0.05) is 11.3 Å². The van der Waals surface area contributed by atoms with Gasteiger partial charge in [0.2, 0.25) is 0 Å². The van der Waals surface area contributed by atoms with Gasteiger partial charge in [-0.3, -0.25) is 0 Å². The molecule has 2 aromatic carbocycles. The first-order valence-electron chi connectivity index (χ1n) is 4.89. The molecule has 0 heterocycles. The van der Waals surface area contributed by atoms with Crippen molar-refractivity contribution in [3.63, 3.8) is 0 Å². The third kappa shape index (κ3) is 5.95. The van der Waals surface area contributed by atoms with Crippen LogP contribution in [0.3, 0.4) is 0 Å². The number of nitrogens with two attached hydrogens (primary N) is 4. The van der Waals surface area contributed by atoms with Crippen LogP contribution in [0.5, 0.6) is 0 Å². The lowest BCUT2D eigenvalue weighted by atomic mass is 10.0. The topological polar surface area (TPSA) is 136 Å². The Morgan fingerprint density at radius 2 is 1.05 bits per heavy atom. The molecule has 10 N–H and O–H groups in total. The summed E-state index contributed by atoms with van der Waals surface area (Å²) in [6, 6.07) is 11.0. The SMILES string of the molecule is Cl.Cl.Cl.Cl.Nc1ccc(-c2ccc(N)c(N)c2N)cc1.O. The highest BCUT2D eigenvalue weighted by atomic mass is 35.5.